The molecule has 4 bridgehead atoms. The molecule has 0 aliphatic heterocycles. The molecule has 1 aromatic heterocycles. The second-order valence-electron chi connectivity index (χ2n) is 16.8. The van der Waals surface area contributed by atoms with E-state index < -0.39 is 0 Å². The molecule has 0 atom stereocenters. The van der Waals surface area contributed by atoms with Crippen LogP contribution in [0.3, 0.4) is 0 Å². The molecule has 268 valence electrons. The first-order valence-corrected chi connectivity index (χ1v) is 20.4. The molecule has 1 spiro atoms. The smallest absolute Gasteiger partial charge is 0.164 e. The van der Waals surface area contributed by atoms with Crippen LogP contribution in [0.25, 0.3) is 78.3 Å². The highest BCUT2D eigenvalue weighted by molar-refractivity contribution is 6.00. The fourth-order valence-corrected chi connectivity index (χ4v) is 11.9. The van der Waals surface area contributed by atoms with Gasteiger partial charge in [0.2, 0.25) is 0 Å². The molecule has 3 heteroatoms. The lowest BCUT2D eigenvalue weighted by Gasteiger charge is -2.61. The van der Waals surface area contributed by atoms with Crippen LogP contribution in [-0.4, -0.2) is 15.0 Å². The number of hydrogen-bond donors (Lipinski definition) is 0. The van der Waals surface area contributed by atoms with E-state index in [1.54, 1.807) is 11.1 Å². The number of nitrogens with zero attached hydrogens (tertiary/aromatic N) is 3. The molecular weight excluding hydrogens is 679 g/mol. The summed E-state index contributed by atoms with van der Waals surface area (Å²) >= 11 is 0. The summed E-state index contributed by atoms with van der Waals surface area (Å²) in [6.45, 7) is 0. The Labute approximate surface area is 328 Å². The van der Waals surface area contributed by atoms with Gasteiger partial charge in [-0.05, 0) is 123 Å². The van der Waals surface area contributed by atoms with Crippen LogP contribution in [0.5, 0.6) is 0 Å². The van der Waals surface area contributed by atoms with Crippen LogP contribution in [0.4, 0.5) is 0 Å². The molecule has 1 heterocycles. The second kappa shape index (κ2) is 12.4. The maximum Gasteiger partial charge on any atom is 0.164 e. The first-order valence-electron chi connectivity index (χ1n) is 20.4. The van der Waals surface area contributed by atoms with Gasteiger partial charge < -0.3 is 0 Å². The van der Waals surface area contributed by atoms with E-state index in [2.05, 4.69) is 127 Å². The van der Waals surface area contributed by atoms with E-state index >= 15 is 0 Å². The molecule has 5 aliphatic carbocycles. The van der Waals surface area contributed by atoms with Crippen molar-refractivity contribution in [2.75, 3.05) is 0 Å². The van der Waals surface area contributed by atoms with E-state index in [9.17, 15) is 0 Å². The van der Waals surface area contributed by atoms with E-state index in [0.29, 0.717) is 29.3 Å². The average molecular weight is 720 g/mol. The third kappa shape index (κ3) is 4.79. The van der Waals surface area contributed by atoms with Crippen molar-refractivity contribution in [3.05, 3.63) is 175 Å². The highest BCUT2D eigenvalue weighted by atomic mass is 15.0. The Hall–Kier alpha value is -6.19. The first-order chi connectivity index (χ1) is 27.7. The third-order valence-corrected chi connectivity index (χ3v) is 13.9. The van der Waals surface area contributed by atoms with Gasteiger partial charge in [-0.1, -0.05) is 152 Å². The molecule has 0 unspecified atom stereocenters. The van der Waals surface area contributed by atoms with Gasteiger partial charge in [-0.2, -0.15) is 0 Å². The molecule has 0 amide bonds. The van der Waals surface area contributed by atoms with Gasteiger partial charge in [0, 0.05) is 22.1 Å². The molecule has 5 aliphatic rings. The number of benzene rings is 7. The van der Waals surface area contributed by atoms with Crippen molar-refractivity contribution in [2.45, 2.75) is 37.5 Å². The van der Waals surface area contributed by atoms with E-state index in [1.165, 1.54) is 70.7 Å². The van der Waals surface area contributed by atoms with Gasteiger partial charge >= 0.3 is 0 Å². The van der Waals surface area contributed by atoms with E-state index in [-0.39, 0.29) is 5.41 Å². The second-order valence-corrected chi connectivity index (χ2v) is 16.8. The summed E-state index contributed by atoms with van der Waals surface area (Å²) in [5.41, 5.74) is 14.2. The molecule has 8 aromatic rings. The summed E-state index contributed by atoms with van der Waals surface area (Å²) < 4.78 is 0. The van der Waals surface area contributed by atoms with Crippen LogP contribution < -0.4 is 0 Å². The van der Waals surface area contributed by atoms with Crippen molar-refractivity contribution in [1.29, 1.82) is 0 Å². The minimum atomic E-state index is 0.0526. The molecule has 13 rings (SSSR count). The van der Waals surface area contributed by atoms with Gasteiger partial charge in [0.15, 0.2) is 17.5 Å². The third-order valence-electron chi connectivity index (χ3n) is 13.9. The lowest BCUT2D eigenvalue weighted by atomic mass is 9.42. The molecule has 3 nitrogen and oxygen atoms in total. The Bertz CT molecular complexity index is 2740. The zero-order chi connectivity index (χ0) is 36.8. The quantitative estimate of drug-likeness (QED) is 0.178. The zero-order valence-corrected chi connectivity index (χ0v) is 31.3. The highest BCUT2D eigenvalue weighted by Crippen LogP contribution is 2.71. The van der Waals surface area contributed by atoms with E-state index in [0.717, 1.165) is 34.1 Å². The molecule has 0 saturated heterocycles. The fourth-order valence-electron chi connectivity index (χ4n) is 11.9. The minimum Gasteiger partial charge on any atom is -0.208 e. The fraction of sp³-hybridized carbons (Fsp3) is 0.189. The van der Waals surface area contributed by atoms with Gasteiger partial charge in [0.1, 0.15) is 0 Å². The van der Waals surface area contributed by atoms with Crippen LogP contribution in [0.2, 0.25) is 0 Å². The van der Waals surface area contributed by atoms with Gasteiger partial charge in [-0.3, -0.25) is 0 Å². The largest absolute Gasteiger partial charge is 0.208 e. The Morgan fingerprint density at radius 2 is 0.839 bits per heavy atom. The van der Waals surface area contributed by atoms with E-state index in [4.69, 9.17) is 15.0 Å². The van der Waals surface area contributed by atoms with Crippen molar-refractivity contribution in [2.24, 2.45) is 23.7 Å². The Kier molecular flexibility index (Phi) is 7.11. The number of rotatable bonds is 5. The number of aromatic nitrogens is 3. The van der Waals surface area contributed by atoms with Crippen LogP contribution in [-0.2, 0) is 5.41 Å². The highest BCUT2D eigenvalue weighted by Gasteiger charge is 2.62. The molecule has 4 fully saturated rings. The first kappa shape index (κ1) is 32.1. The normalized spacial score (nSPS) is 22.7. The molecule has 0 N–H and O–H groups in total. The van der Waals surface area contributed by atoms with Gasteiger partial charge in [-0.25, -0.2) is 15.0 Å². The summed E-state index contributed by atoms with van der Waals surface area (Å²) in [7, 11) is 0. The zero-order valence-electron chi connectivity index (χ0n) is 31.3. The molecular formula is C53H41N3. The van der Waals surface area contributed by atoms with Crippen molar-refractivity contribution in [3.8, 4) is 67.5 Å². The van der Waals surface area contributed by atoms with Gasteiger partial charge in [-0.15, -0.1) is 0 Å². The van der Waals surface area contributed by atoms with Crippen LogP contribution in [0.1, 0.15) is 43.2 Å². The molecule has 4 saturated carbocycles. The lowest BCUT2D eigenvalue weighted by Crippen LogP contribution is -2.55. The SMILES string of the molecule is c1ccc(-c2nc(-c3ccccc3)nc(-c3cccc(-c4cccc(-c5cccc6c5C5(c7c-6ccc6ccccc76)C6CC7CC(C6)CC5C7)c4)c3)n2)cc1. The van der Waals surface area contributed by atoms with Crippen LogP contribution in [0.15, 0.2) is 164 Å². The summed E-state index contributed by atoms with van der Waals surface area (Å²) in [6.07, 6.45) is 6.92. The predicted molar refractivity (Wildman–Crippen MR) is 228 cm³/mol. The maximum atomic E-state index is 5.04. The van der Waals surface area contributed by atoms with E-state index in [1.807, 2.05) is 36.4 Å². The Balaban J connectivity index is 0.998. The standard InChI is InChI=1S/C53H41N3/c1-3-13-36(14-4-1)50-54-51(37-15-5-2-6-16-37)56-52(55-50)41-20-10-18-39(32-41)38-17-9-19-40(31-38)45-22-11-23-46-47-25-24-35-12-7-8-21-44(35)48(47)53(49(45)46)42-27-33-26-34(29-42)30-43(53)28-33/h1-25,31-34,42-43H,26-30H2. The molecule has 0 radical (unpaired) electrons. The van der Waals surface area contributed by atoms with Crippen molar-refractivity contribution < 1.29 is 0 Å². The Morgan fingerprint density at radius 3 is 1.50 bits per heavy atom. The molecule has 56 heavy (non-hydrogen) atoms. The minimum absolute atomic E-state index is 0.0526. The van der Waals surface area contributed by atoms with Crippen LogP contribution in [0, 0.1) is 23.7 Å². The van der Waals surface area contributed by atoms with Crippen molar-refractivity contribution in [1.82, 2.24) is 15.0 Å². The van der Waals surface area contributed by atoms with Crippen molar-refractivity contribution >= 4 is 10.8 Å². The lowest BCUT2D eigenvalue weighted by molar-refractivity contribution is -0.0391. The summed E-state index contributed by atoms with van der Waals surface area (Å²) in [5.74, 6) is 5.18. The summed E-state index contributed by atoms with van der Waals surface area (Å²) in [4.78, 5) is 15.0. The maximum absolute atomic E-state index is 5.04. The summed E-state index contributed by atoms with van der Waals surface area (Å²) in [6, 6.07) is 59.6. The average Bonchev–Trinajstić information content (AvgIpc) is 3.57. The topological polar surface area (TPSA) is 38.7 Å². The van der Waals surface area contributed by atoms with Crippen molar-refractivity contribution in [3.63, 3.8) is 0 Å². The summed E-state index contributed by atoms with van der Waals surface area (Å²) in [5, 5.41) is 2.84. The predicted octanol–water partition coefficient (Wildman–Crippen LogP) is 13.1. The van der Waals surface area contributed by atoms with Gasteiger partial charge in [0.25, 0.3) is 0 Å². The Morgan fingerprint density at radius 1 is 0.357 bits per heavy atom. The number of fused-ring (bicyclic) bond motifs is 5. The molecule has 7 aromatic carbocycles. The monoisotopic (exact) mass is 719 g/mol. The van der Waals surface area contributed by atoms with Crippen LogP contribution >= 0.6 is 0 Å². The number of hydrogen-bond acceptors (Lipinski definition) is 3. The van der Waals surface area contributed by atoms with Gasteiger partial charge in [0.05, 0.1) is 0 Å².